The Bertz CT molecular complexity index is 868. The highest BCUT2D eigenvalue weighted by atomic mass is 35.5. The molecule has 0 atom stereocenters. The van der Waals surface area contributed by atoms with Crippen LogP contribution in [0.4, 0.5) is 0 Å². The van der Waals surface area contributed by atoms with Crippen molar-refractivity contribution < 1.29 is 0 Å². The normalized spacial score (nSPS) is 10.7. The molecule has 0 aliphatic heterocycles. The van der Waals surface area contributed by atoms with Gasteiger partial charge in [-0.25, -0.2) is 0 Å². The Morgan fingerprint density at radius 3 is 2.23 bits per heavy atom. The summed E-state index contributed by atoms with van der Waals surface area (Å²) in [6.45, 7) is 3.77. The molecule has 1 aromatic heterocycles. The van der Waals surface area contributed by atoms with Crippen molar-refractivity contribution in [2.45, 2.75) is 13.8 Å². The molecule has 1 heterocycles. The maximum atomic E-state index is 12.4. The number of halogens is 1. The van der Waals surface area contributed by atoms with E-state index in [0.29, 0.717) is 16.4 Å². The third-order valence-corrected chi connectivity index (χ3v) is 3.90. The Hall–Kier alpha value is -2.39. The molecule has 0 amide bonds. The molecule has 0 spiro atoms. The van der Waals surface area contributed by atoms with Gasteiger partial charge in [-0.05, 0) is 43.7 Å². The molecular formula is C18H15ClN2O. The van der Waals surface area contributed by atoms with Crippen LogP contribution in [0.3, 0.4) is 0 Å². The van der Waals surface area contributed by atoms with Crippen LogP contribution in [0.15, 0.2) is 59.4 Å². The fourth-order valence-corrected chi connectivity index (χ4v) is 2.80. The molecule has 3 rings (SSSR count). The van der Waals surface area contributed by atoms with E-state index in [4.69, 9.17) is 11.6 Å². The lowest BCUT2D eigenvalue weighted by atomic mass is 10.1. The lowest BCUT2D eigenvalue weighted by Crippen LogP contribution is -2.20. The highest BCUT2D eigenvalue weighted by molar-refractivity contribution is 6.30. The van der Waals surface area contributed by atoms with Gasteiger partial charge in [0, 0.05) is 16.4 Å². The van der Waals surface area contributed by atoms with Gasteiger partial charge in [0.15, 0.2) is 0 Å². The molecule has 0 bridgehead atoms. The third kappa shape index (κ3) is 2.55. The molecule has 22 heavy (non-hydrogen) atoms. The van der Waals surface area contributed by atoms with Crippen LogP contribution in [0.1, 0.15) is 11.5 Å². The van der Waals surface area contributed by atoms with E-state index < -0.39 is 0 Å². The van der Waals surface area contributed by atoms with E-state index in [-0.39, 0.29) is 5.56 Å². The highest BCUT2D eigenvalue weighted by Crippen LogP contribution is 2.23. The first kappa shape index (κ1) is 14.5. The van der Waals surface area contributed by atoms with Crippen molar-refractivity contribution in [2.75, 3.05) is 0 Å². The number of nitrogens with zero attached hydrogens (tertiary/aromatic N) is 2. The van der Waals surface area contributed by atoms with Crippen LogP contribution >= 0.6 is 11.6 Å². The van der Waals surface area contributed by atoms with Gasteiger partial charge in [-0.3, -0.25) is 4.79 Å². The molecule has 0 radical (unpaired) electrons. The minimum atomic E-state index is -0.202. The summed E-state index contributed by atoms with van der Waals surface area (Å²) >= 11 is 5.96. The smallest absolute Gasteiger partial charge is 0.281 e. The second kappa shape index (κ2) is 5.78. The molecule has 0 saturated heterocycles. The molecule has 2 aromatic carbocycles. The summed E-state index contributed by atoms with van der Waals surface area (Å²) in [6.07, 6.45) is 0. The molecule has 0 aliphatic carbocycles. The molecule has 3 nitrogen and oxygen atoms in total. The van der Waals surface area contributed by atoms with Gasteiger partial charge < -0.3 is 4.57 Å². The zero-order chi connectivity index (χ0) is 15.7. The lowest BCUT2D eigenvalue weighted by molar-refractivity contribution is 0.856. The van der Waals surface area contributed by atoms with E-state index in [2.05, 4.69) is 4.98 Å². The van der Waals surface area contributed by atoms with Crippen molar-refractivity contribution in [1.82, 2.24) is 9.55 Å². The second-order valence-corrected chi connectivity index (χ2v) is 5.54. The Balaban J connectivity index is 2.29. The Morgan fingerprint density at radius 1 is 0.955 bits per heavy atom. The number of benzene rings is 2. The zero-order valence-electron chi connectivity index (χ0n) is 12.4. The Labute approximate surface area is 133 Å². The van der Waals surface area contributed by atoms with Crippen LogP contribution < -0.4 is 5.56 Å². The summed E-state index contributed by atoms with van der Waals surface area (Å²) in [4.78, 5) is 16.5. The van der Waals surface area contributed by atoms with Crippen molar-refractivity contribution in [1.29, 1.82) is 0 Å². The Morgan fingerprint density at radius 2 is 1.59 bits per heavy atom. The topological polar surface area (TPSA) is 34.9 Å². The zero-order valence-corrected chi connectivity index (χ0v) is 13.1. The number of rotatable bonds is 2. The number of aryl methyl sites for hydroxylation is 1. The molecule has 3 aromatic rings. The van der Waals surface area contributed by atoms with Gasteiger partial charge in [-0.1, -0.05) is 41.9 Å². The third-order valence-electron chi connectivity index (χ3n) is 3.65. The summed E-state index contributed by atoms with van der Waals surface area (Å²) < 4.78 is 1.97. The van der Waals surface area contributed by atoms with Crippen LogP contribution in [0.25, 0.3) is 16.8 Å². The Kier molecular flexibility index (Phi) is 3.82. The fraction of sp³-hybridized carbons (Fsp3) is 0.111. The number of hydrogen-bond acceptors (Lipinski definition) is 2. The van der Waals surface area contributed by atoms with Crippen molar-refractivity contribution in [2.24, 2.45) is 0 Å². The summed E-state index contributed by atoms with van der Waals surface area (Å²) in [5.74, 6) is 0.657. The van der Waals surface area contributed by atoms with Crippen molar-refractivity contribution in [3.8, 4) is 16.8 Å². The van der Waals surface area contributed by atoms with Crippen LogP contribution in [-0.2, 0) is 0 Å². The number of aromatic nitrogens is 2. The second-order valence-electron chi connectivity index (χ2n) is 5.10. The number of hydrogen-bond donors (Lipinski definition) is 0. The SMILES string of the molecule is Cc1nc(=O)c(-c2ccccc2)c(C)n1-c1ccc(Cl)cc1. The molecule has 0 unspecified atom stereocenters. The monoisotopic (exact) mass is 310 g/mol. The summed E-state index contributed by atoms with van der Waals surface area (Å²) in [5, 5.41) is 0.677. The van der Waals surface area contributed by atoms with E-state index >= 15 is 0 Å². The van der Waals surface area contributed by atoms with Gasteiger partial charge in [0.05, 0.1) is 5.56 Å². The highest BCUT2D eigenvalue weighted by Gasteiger charge is 2.14. The molecular weight excluding hydrogens is 296 g/mol. The molecule has 0 aliphatic rings. The van der Waals surface area contributed by atoms with Crippen molar-refractivity contribution >= 4 is 11.6 Å². The van der Waals surface area contributed by atoms with E-state index in [1.54, 1.807) is 0 Å². The summed E-state index contributed by atoms with van der Waals surface area (Å²) in [6, 6.07) is 17.1. The van der Waals surface area contributed by atoms with E-state index in [0.717, 1.165) is 16.9 Å². The van der Waals surface area contributed by atoms with Gasteiger partial charge in [0.25, 0.3) is 5.56 Å². The average molecular weight is 311 g/mol. The standard InChI is InChI=1S/C18H15ClN2O/c1-12-17(14-6-4-3-5-7-14)18(22)20-13(2)21(12)16-10-8-15(19)9-11-16/h3-11H,1-2H3. The average Bonchev–Trinajstić information content (AvgIpc) is 2.50. The quantitative estimate of drug-likeness (QED) is 0.712. The fourth-order valence-electron chi connectivity index (χ4n) is 2.67. The first-order valence-electron chi connectivity index (χ1n) is 6.99. The molecule has 0 saturated carbocycles. The van der Waals surface area contributed by atoms with Crippen LogP contribution in [0.5, 0.6) is 0 Å². The van der Waals surface area contributed by atoms with E-state index in [9.17, 15) is 4.79 Å². The van der Waals surface area contributed by atoms with Crippen LogP contribution in [-0.4, -0.2) is 9.55 Å². The lowest BCUT2D eigenvalue weighted by Gasteiger charge is -2.17. The molecule has 110 valence electrons. The molecule has 4 heteroatoms. The van der Waals surface area contributed by atoms with Crippen molar-refractivity contribution in [3.63, 3.8) is 0 Å². The summed E-state index contributed by atoms with van der Waals surface area (Å²) in [5.41, 5.74) is 3.10. The van der Waals surface area contributed by atoms with Gasteiger partial charge in [-0.2, -0.15) is 4.98 Å². The predicted molar refractivity (Wildman–Crippen MR) is 89.8 cm³/mol. The van der Waals surface area contributed by atoms with Crippen LogP contribution in [0.2, 0.25) is 5.02 Å². The van der Waals surface area contributed by atoms with Crippen molar-refractivity contribution in [3.05, 3.63) is 81.5 Å². The molecule has 0 N–H and O–H groups in total. The van der Waals surface area contributed by atoms with Gasteiger partial charge in [0.1, 0.15) is 5.82 Å². The molecule has 0 fully saturated rings. The predicted octanol–water partition coefficient (Wildman–Crippen LogP) is 4.17. The van der Waals surface area contributed by atoms with E-state index in [1.165, 1.54) is 0 Å². The minimum Gasteiger partial charge on any atom is -0.302 e. The van der Waals surface area contributed by atoms with E-state index in [1.807, 2.05) is 73.0 Å². The first-order valence-corrected chi connectivity index (χ1v) is 7.37. The maximum absolute atomic E-state index is 12.4. The first-order chi connectivity index (χ1) is 10.6. The van der Waals surface area contributed by atoms with Gasteiger partial charge in [-0.15, -0.1) is 0 Å². The van der Waals surface area contributed by atoms with Gasteiger partial charge in [0.2, 0.25) is 0 Å². The maximum Gasteiger partial charge on any atom is 0.281 e. The van der Waals surface area contributed by atoms with Gasteiger partial charge >= 0.3 is 0 Å². The largest absolute Gasteiger partial charge is 0.302 e. The minimum absolute atomic E-state index is 0.202. The van der Waals surface area contributed by atoms with Crippen LogP contribution in [0, 0.1) is 13.8 Å². The summed E-state index contributed by atoms with van der Waals surface area (Å²) in [7, 11) is 0.